The van der Waals surface area contributed by atoms with Crippen molar-refractivity contribution in [2.24, 2.45) is 0 Å². The lowest BCUT2D eigenvalue weighted by Crippen LogP contribution is -2.35. The van der Waals surface area contributed by atoms with Gasteiger partial charge >= 0.3 is 0 Å². The van der Waals surface area contributed by atoms with Crippen LogP contribution < -0.4 is 5.32 Å². The van der Waals surface area contributed by atoms with Crippen LogP contribution in [0.2, 0.25) is 0 Å². The van der Waals surface area contributed by atoms with Gasteiger partial charge < -0.3 is 15.5 Å². The zero-order valence-corrected chi connectivity index (χ0v) is 17.9. The third-order valence-electron chi connectivity index (χ3n) is 5.41. The van der Waals surface area contributed by atoms with Gasteiger partial charge in [-0.05, 0) is 58.7 Å². The van der Waals surface area contributed by atoms with E-state index in [1.807, 2.05) is 42.5 Å². The van der Waals surface area contributed by atoms with Crippen LogP contribution in [-0.2, 0) is 16.1 Å². The molecule has 2 N–H and O–H groups in total. The molecule has 0 atom stereocenters. The Balaban J connectivity index is 1.39. The van der Waals surface area contributed by atoms with Crippen LogP contribution in [0.15, 0.2) is 79.2 Å². The summed E-state index contributed by atoms with van der Waals surface area (Å²) in [6.45, 7) is 8.25. The number of aromatic nitrogens is 1. The van der Waals surface area contributed by atoms with E-state index >= 15 is 0 Å². The number of carbonyl (C=O) groups is 1. The van der Waals surface area contributed by atoms with Crippen LogP contribution in [0.25, 0.3) is 11.6 Å². The number of ether oxygens (including phenoxy) is 1. The fourth-order valence-corrected chi connectivity index (χ4v) is 3.62. The molecule has 0 radical (unpaired) electrons. The number of nitrogens with one attached hydrogen (secondary N) is 2. The first-order valence-electron chi connectivity index (χ1n) is 10.6. The van der Waals surface area contributed by atoms with Crippen LogP contribution in [0, 0.1) is 5.41 Å². The fourth-order valence-electron chi connectivity index (χ4n) is 3.62. The summed E-state index contributed by atoms with van der Waals surface area (Å²) in [6, 6.07) is 9.83. The van der Waals surface area contributed by atoms with Crippen molar-refractivity contribution in [3.8, 4) is 0 Å². The van der Waals surface area contributed by atoms with E-state index < -0.39 is 0 Å². The third-order valence-corrected chi connectivity index (χ3v) is 5.41. The predicted molar refractivity (Wildman–Crippen MR) is 128 cm³/mol. The van der Waals surface area contributed by atoms with Crippen LogP contribution in [0.3, 0.4) is 0 Å². The molecule has 1 aliphatic heterocycles. The van der Waals surface area contributed by atoms with Gasteiger partial charge in [-0.2, -0.15) is 0 Å². The molecular formula is C26H26N4O2. The summed E-state index contributed by atoms with van der Waals surface area (Å²) >= 11 is 0. The SMILES string of the molecule is C=C1C=C(c2ccncc2/C=C/C(=O)Nc2ccc(CN3CCOCC3)cc2)C=CC1=N. The predicted octanol–water partition coefficient (Wildman–Crippen LogP) is 4.09. The molecule has 1 aromatic carbocycles. The summed E-state index contributed by atoms with van der Waals surface area (Å²) in [6.07, 6.45) is 12.2. The Bertz CT molecular complexity index is 1110. The van der Waals surface area contributed by atoms with E-state index in [2.05, 4.69) is 21.8 Å². The fraction of sp³-hybridized carbons (Fsp3) is 0.192. The number of amides is 1. The smallest absolute Gasteiger partial charge is 0.248 e. The molecule has 0 bridgehead atoms. The highest BCUT2D eigenvalue weighted by molar-refractivity contribution is 6.13. The lowest BCUT2D eigenvalue weighted by atomic mass is 9.94. The van der Waals surface area contributed by atoms with Gasteiger partial charge in [-0.25, -0.2) is 0 Å². The molecule has 0 unspecified atom stereocenters. The van der Waals surface area contributed by atoms with Crippen molar-refractivity contribution in [3.05, 3.63) is 95.9 Å². The van der Waals surface area contributed by atoms with Gasteiger partial charge in [0.15, 0.2) is 0 Å². The Morgan fingerprint density at radius 1 is 1.19 bits per heavy atom. The topological polar surface area (TPSA) is 78.3 Å². The van der Waals surface area contributed by atoms with Gasteiger partial charge in [0, 0.05) is 49.4 Å². The molecule has 2 aromatic rings. The van der Waals surface area contributed by atoms with E-state index in [1.54, 1.807) is 24.5 Å². The molecule has 1 aromatic heterocycles. The second-order valence-corrected chi connectivity index (χ2v) is 7.74. The number of hydrogen-bond donors (Lipinski definition) is 2. The van der Waals surface area contributed by atoms with Gasteiger partial charge in [0.2, 0.25) is 5.91 Å². The maximum absolute atomic E-state index is 12.5. The van der Waals surface area contributed by atoms with E-state index in [-0.39, 0.29) is 5.91 Å². The van der Waals surface area contributed by atoms with Crippen molar-refractivity contribution in [2.75, 3.05) is 31.6 Å². The van der Waals surface area contributed by atoms with Crippen LogP contribution in [0.5, 0.6) is 0 Å². The summed E-state index contributed by atoms with van der Waals surface area (Å²) in [4.78, 5) is 19.0. The molecule has 6 heteroatoms. The Hall–Kier alpha value is -3.61. The number of allylic oxidation sites excluding steroid dienone is 5. The summed E-state index contributed by atoms with van der Waals surface area (Å²) in [7, 11) is 0. The van der Waals surface area contributed by atoms with Crippen molar-refractivity contribution >= 4 is 29.0 Å². The number of benzene rings is 1. The first kappa shape index (κ1) is 21.6. The molecule has 32 heavy (non-hydrogen) atoms. The van der Waals surface area contributed by atoms with Gasteiger partial charge in [-0.1, -0.05) is 24.8 Å². The highest BCUT2D eigenvalue weighted by Crippen LogP contribution is 2.25. The Morgan fingerprint density at radius 2 is 1.97 bits per heavy atom. The number of rotatable bonds is 6. The van der Waals surface area contributed by atoms with Crippen LogP contribution in [0.4, 0.5) is 5.69 Å². The molecule has 1 saturated heterocycles. The van der Waals surface area contributed by atoms with Gasteiger partial charge in [-0.15, -0.1) is 0 Å². The molecule has 1 amide bonds. The lowest BCUT2D eigenvalue weighted by Gasteiger charge is -2.26. The molecule has 4 rings (SSSR count). The summed E-state index contributed by atoms with van der Waals surface area (Å²) in [5, 5.41) is 10.7. The summed E-state index contributed by atoms with van der Waals surface area (Å²) in [5.41, 5.74) is 5.71. The Labute approximate surface area is 188 Å². The van der Waals surface area contributed by atoms with Crippen molar-refractivity contribution in [1.29, 1.82) is 5.41 Å². The van der Waals surface area contributed by atoms with Crippen molar-refractivity contribution in [3.63, 3.8) is 0 Å². The molecular weight excluding hydrogens is 400 g/mol. The summed E-state index contributed by atoms with van der Waals surface area (Å²) < 4.78 is 5.39. The zero-order valence-electron chi connectivity index (χ0n) is 17.9. The minimum Gasteiger partial charge on any atom is -0.379 e. The standard InChI is InChI=1S/C26H26N4O2/c1-19-16-21(4-8-25(19)27)24-10-11-28-17-22(24)5-9-26(31)29-23-6-2-20(3-7-23)18-30-12-14-32-15-13-30/h2-11,16-17,27H,1,12-15,18H2,(H,29,31)/b9-5+,27-25?. The van der Waals surface area contributed by atoms with E-state index in [0.29, 0.717) is 11.3 Å². The second kappa shape index (κ2) is 10.1. The average Bonchev–Trinajstić information content (AvgIpc) is 2.82. The maximum Gasteiger partial charge on any atom is 0.248 e. The van der Waals surface area contributed by atoms with Gasteiger partial charge in [0.25, 0.3) is 0 Å². The number of nitrogens with zero attached hydrogens (tertiary/aromatic N) is 2. The molecule has 162 valence electrons. The first-order valence-corrected chi connectivity index (χ1v) is 10.6. The quantitative estimate of drug-likeness (QED) is 0.682. The molecule has 0 spiro atoms. The van der Waals surface area contributed by atoms with Crippen molar-refractivity contribution in [2.45, 2.75) is 6.54 Å². The van der Waals surface area contributed by atoms with E-state index in [4.69, 9.17) is 10.1 Å². The van der Waals surface area contributed by atoms with E-state index in [0.717, 1.165) is 55.2 Å². The minimum absolute atomic E-state index is 0.208. The second-order valence-electron chi connectivity index (χ2n) is 7.74. The average molecular weight is 427 g/mol. The largest absolute Gasteiger partial charge is 0.379 e. The number of carbonyl (C=O) groups excluding carboxylic acids is 1. The Kier molecular flexibility index (Phi) is 6.84. The third kappa shape index (κ3) is 5.55. The monoisotopic (exact) mass is 426 g/mol. The van der Waals surface area contributed by atoms with Gasteiger partial charge in [0.05, 0.1) is 18.9 Å². The molecule has 6 nitrogen and oxygen atoms in total. The highest BCUT2D eigenvalue weighted by Gasteiger charge is 2.11. The van der Waals surface area contributed by atoms with E-state index in [1.165, 1.54) is 11.6 Å². The van der Waals surface area contributed by atoms with Crippen LogP contribution in [0.1, 0.15) is 16.7 Å². The number of pyridine rings is 1. The van der Waals surface area contributed by atoms with Gasteiger partial charge in [0.1, 0.15) is 0 Å². The first-order chi connectivity index (χ1) is 15.6. The molecule has 0 saturated carbocycles. The molecule has 1 fully saturated rings. The zero-order chi connectivity index (χ0) is 22.3. The number of anilines is 1. The number of hydrogen-bond acceptors (Lipinski definition) is 5. The van der Waals surface area contributed by atoms with Crippen LogP contribution >= 0.6 is 0 Å². The lowest BCUT2D eigenvalue weighted by molar-refractivity contribution is -0.111. The highest BCUT2D eigenvalue weighted by atomic mass is 16.5. The van der Waals surface area contributed by atoms with Crippen molar-refractivity contribution in [1.82, 2.24) is 9.88 Å². The van der Waals surface area contributed by atoms with Crippen molar-refractivity contribution < 1.29 is 9.53 Å². The van der Waals surface area contributed by atoms with Crippen LogP contribution in [-0.4, -0.2) is 47.8 Å². The summed E-state index contributed by atoms with van der Waals surface area (Å²) in [5.74, 6) is -0.208. The molecule has 2 aliphatic rings. The Morgan fingerprint density at radius 3 is 2.72 bits per heavy atom. The maximum atomic E-state index is 12.5. The normalized spacial score (nSPS) is 16.9. The van der Waals surface area contributed by atoms with Gasteiger partial charge in [-0.3, -0.25) is 14.7 Å². The number of morpholine rings is 1. The molecule has 2 heterocycles. The molecule has 1 aliphatic carbocycles. The minimum atomic E-state index is -0.208. The van der Waals surface area contributed by atoms with E-state index in [9.17, 15) is 4.79 Å².